The van der Waals surface area contributed by atoms with Gasteiger partial charge in [-0.15, -0.1) is 0 Å². The van der Waals surface area contributed by atoms with E-state index >= 15 is 0 Å². The molecule has 0 bridgehead atoms. The predicted molar refractivity (Wildman–Crippen MR) is 72.4 cm³/mol. The van der Waals surface area contributed by atoms with Crippen LogP contribution in [-0.2, 0) is 11.0 Å². The van der Waals surface area contributed by atoms with Gasteiger partial charge in [-0.3, -0.25) is 0 Å². The van der Waals surface area contributed by atoms with E-state index in [-0.39, 0.29) is 0 Å². The number of nitrogens with two attached hydrogens (primary N) is 1. The van der Waals surface area contributed by atoms with E-state index in [1.165, 1.54) is 0 Å². The average Bonchev–Trinajstić information content (AvgIpc) is 2.38. The van der Waals surface area contributed by atoms with Gasteiger partial charge in [-0.2, -0.15) is 0 Å². The molecule has 1 atom stereocenters. The average molecular weight is 243 g/mol. The molecule has 86 valence electrons. The van der Waals surface area contributed by atoms with E-state index in [1.807, 2.05) is 54.6 Å². The van der Waals surface area contributed by atoms with Crippen molar-refractivity contribution >= 4 is 23.1 Å². The maximum absolute atomic E-state index is 11.0. The van der Waals surface area contributed by atoms with E-state index in [9.17, 15) is 4.21 Å². The minimum absolute atomic E-state index is 0.641. The maximum Gasteiger partial charge on any atom is 0.122 e. The van der Waals surface area contributed by atoms with Crippen LogP contribution in [0.15, 0.2) is 59.5 Å². The van der Waals surface area contributed by atoms with Gasteiger partial charge >= 0.3 is 0 Å². The van der Waals surface area contributed by atoms with Crippen molar-refractivity contribution in [3.8, 4) is 0 Å². The van der Waals surface area contributed by atoms with Crippen LogP contribution in [-0.4, -0.2) is 4.21 Å². The second-order valence-electron chi connectivity index (χ2n) is 3.61. The van der Waals surface area contributed by atoms with Crippen LogP contribution in [0.5, 0.6) is 0 Å². The zero-order valence-corrected chi connectivity index (χ0v) is 10.1. The third kappa shape index (κ3) is 3.37. The lowest BCUT2D eigenvalue weighted by Gasteiger charge is -1.97. The van der Waals surface area contributed by atoms with Gasteiger partial charge in [0.25, 0.3) is 0 Å². The number of rotatable bonds is 3. The minimum atomic E-state index is -1.40. The second kappa shape index (κ2) is 5.57. The summed E-state index contributed by atoms with van der Waals surface area (Å²) in [6.45, 7) is 0. The van der Waals surface area contributed by atoms with Crippen molar-refractivity contribution in [2.45, 2.75) is 4.90 Å². The van der Waals surface area contributed by atoms with E-state index in [0.29, 0.717) is 4.90 Å². The van der Waals surface area contributed by atoms with Crippen molar-refractivity contribution in [2.24, 2.45) is 5.14 Å². The molecule has 2 rings (SSSR count). The summed E-state index contributed by atoms with van der Waals surface area (Å²) in [7, 11) is -1.40. The van der Waals surface area contributed by atoms with Crippen molar-refractivity contribution in [3.05, 3.63) is 65.7 Å². The van der Waals surface area contributed by atoms with Crippen LogP contribution in [0.3, 0.4) is 0 Å². The Morgan fingerprint density at radius 3 is 1.88 bits per heavy atom. The molecule has 0 aromatic heterocycles. The Labute approximate surface area is 103 Å². The first kappa shape index (κ1) is 11.8. The number of hydrogen-bond acceptors (Lipinski definition) is 1. The molecule has 1 unspecified atom stereocenters. The van der Waals surface area contributed by atoms with Crippen LogP contribution in [0.25, 0.3) is 12.2 Å². The molecule has 0 spiro atoms. The summed E-state index contributed by atoms with van der Waals surface area (Å²) >= 11 is 0. The van der Waals surface area contributed by atoms with Gasteiger partial charge in [0.05, 0.1) is 4.90 Å². The van der Waals surface area contributed by atoms with E-state index in [2.05, 4.69) is 0 Å². The molecule has 0 radical (unpaired) electrons. The third-order valence-electron chi connectivity index (χ3n) is 2.38. The molecule has 0 heterocycles. The normalized spacial score (nSPS) is 12.8. The minimum Gasteiger partial charge on any atom is -0.248 e. The van der Waals surface area contributed by atoms with Crippen molar-refractivity contribution in [2.75, 3.05) is 0 Å². The van der Waals surface area contributed by atoms with Crippen molar-refractivity contribution in [3.63, 3.8) is 0 Å². The quantitative estimate of drug-likeness (QED) is 0.828. The van der Waals surface area contributed by atoms with Crippen molar-refractivity contribution < 1.29 is 4.21 Å². The summed E-state index contributed by atoms with van der Waals surface area (Å²) in [5, 5.41) is 5.28. The molecule has 0 aliphatic rings. The lowest BCUT2D eigenvalue weighted by Crippen LogP contribution is -2.01. The van der Waals surface area contributed by atoms with E-state index in [0.717, 1.165) is 11.1 Å². The van der Waals surface area contributed by atoms with Crippen molar-refractivity contribution in [1.82, 2.24) is 0 Å². The topological polar surface area (TPSA) is 43.1 Å². The standard InChI is InChI=1S/C14H13NOS/c15-17(16)14-10-8-13(9-11-14)7-6-12-4-2-1-3-5-12/h1-11H,15H2. The Balaban J connectivity index is 2.14. The van der Waals surface area contributed by atoms with Gasteiger partial charge in [0, 0.05) is 0 Å². The molecule has 0 saturated carbocycles. The first-order valence-corrected chi connectivity index (χ1v) is 6.46. The highest BCUT2D eigenvalue weighted by Gasteiger charge is 1.95. The smallest absolute Gasteiger partial charge is 0.122 e. The zero-order chi connectivity index (χ0) is 12.1. The van der Waals surface area contributed by atoms with Crippen LogP contribution in [0.2, 0.25) is 0 Å². The Kier molecular flexibility index (Phi) is 3.85. The summed E-state index contributed by atoms with van der Waals surface area (Å²) in [4.78, 5) is 0.641. The van der Waals surface area contributed by atoms with Gasteiger partial charge in [0.2, 0.25) is 0 Å². The summed E-state index contributed by atoms with van der Waals surface area (Å²) in [5.74, 6) is 0. The second-order valence-corrected chi connectivity index (χ2v) is 4.68. The zero-order valence-electron chi connectivity index (χ0n) is 9.24. The molecule has 2 aromatic carbocycles. The largest absolute Gasteiger partial charge is 0.248 e. The van der Waals surface area contributed by atoms with Gasteiger partial charge in [-0.05, 0) is 23.3 Å². The summed E-state index contributed by atoms with van der Waals surface area (Å²) in [5.41, 5.74) is 2.21. The van der Waals surface area contributed by atoms with Crippen LogP contribution in [0.1, 0.15) is 11.1 Å². The lowest BCUT2D eigenvalue weighted by atomic mass is 10.1. The molecule has 2 nitrogen and oxygen atoms in total. The molecule has 0 aliphatic heterocycles. The molecule has 3 heteroatoms. The summed E-state index contributed by atoms with van der Waals surface area (Å²) in [6, 6.07) is 17.4. The molecule has 17 heavy (non-hydrogen) atoms. The van der Waals surface area contributed by atoms with Crippen molar-refractivity contribution in [1.29, 1.82) is 0 Å². The predicted octanol–water partition coefficient (Wildman–Crippen LogP) is 2.84. The summed E-state index contributed by atoms with van der Waals surface area (Å²) < 4.78 is 11.0. The van der Waals surface area contributed by atoms with Crippen LogP contribution >= 0.6 is 0 Å². The number of hydrogen-bond donors (Lipinski definition) is 1. The molecule has 0 saturated heterocycles. The monoisotopic (exact) mass is 243 g/mol. The highest BCUT2D eigenvalue weighted by molar-refractivity contribution is 7.82. The third-order valence-corrected chi connectivity index (χ3v) is 3.12. The molecule has 0 fully saturated rings. The first-order chi connectivity index (χ1) is 8.25. The molecule has 0 aliphatic carbocycles. The maximum atomic E-state index is 11.0. The van der Waals surface area contributed by atoms with E-state index in [4.69, 9.17) is 5.14 Å². The highest BCUT2D eigenvalue weighted by atomic mass is 32.2. The summed E-state index contributed by atoms with van der Waals surface area (Å²) in [6.07, 6.45) is 4.05. The molecular formula is C14H13NOS. The van der Waals surface area contributed by atoms with Gasteiger partial charge in [0.1, 0.15) is 11.0 Å². The van der Waals surface area contributed by atoms with E-state index in [1.54, 1.807) is 12.1 Å². The number of benzene rings is 2. The van der Waals surface area contributed by atoms with Crippen LogP contribution in [0, 0.1) is 0 Å². The Bertz CT molecular complexity index is 532. The lowest BCUT2D eigenvalue weighted by molar-refractivity contribution is 0.684. The fourth-order valence-electron chi connectivity index (χ4n) is 1.47. The molecular weight excluding hydrogens is 230 g/mol. The van der Waals surface area contributed by atoms with E-state index < -0.39 is 11.0 Å². The molecule has 2 N–H and O–H groups in total. The van der Waals surface area contributed by atoms with Gasteiger partial charge in [-0.1, -0.05) is 54.6 Å². The van der Waals surface area contributed by atoms with Gasteiger partial charge in [-0.25, -0.2) is 9.35 Å². The highest BCUT2D eigenvalue weighted by Crippen LogP contribution is 2.10. The Morgan fingerprint density at radius 1 is 0.824 bits per heavy atom. The fourth-order valence-corrected chi connectivity index (χ4v) is 1.87. The Hall–Kier alpha value is -1.71. The SMILES string of the molecule is NS(=O)c1ccc(C=Cc2ccccc2)cc1. The molecule has 2 aromatic rings. The van der Waals surface area contributed by atoms with Crippen LogP contribution < -0.4 is 5.14 Å². The molecule has 0 amide bonds. The Morgan fingerprint density at radius 2 is 1.35 bits per heavy atom. The van der Waals surface area contributed by atoms with Gasteiger partial charge in [0.15, 0.2) is 0 Å². The fraction of sp³-hybridized carbons (Fsp3) is 0. The first-order valence-electron chi connectivity index (χ1n) is 5.25. The van der Waals surface area contributed by atoms with Crippen LogP contribution in [0.4, 0.5) is 0 Å². The van der Waals surface area contributed by atoms with Gasteiger partial charge < -0.3 is 0 Å².